The molecule has 1 aromatic rings. The van der Waals surface area contributed by atoms with Gasteiger partial charge in [-0.3, -0.25) is 0 Å². The molecule has 1 amide bonds. The molecule has 71 valence electrons. The van der Waals surface area contributed by atoms with E-state index in [9.17, 15) is 4.79 Å². The van der Waals surface area contributed by atoms with E-state index in [1.165, 1.54) is 29.9 Å². The first-order chi connectivity index (χ1) is 6.24. The molecule has 0 aliphatic carbocycles. The van der Waals surface area contributed by atoms with E-state index in [1.807, 2.05) is 12.4 Å². The molecule has 0 saturated heterocycles. The zero-order valence-electron chi connectivity index (χ0n) is 7.37. The molecule has 0 spiro atoms. The molecule has 1 aromatic heterocycles. The zero-order chi connectivity index (χ0) is 9.68. The van der Waals surface area contributed by atoms with Crippen molar-refractivity contribution in [2.45, 2.75) is 17.4 Å². The number of hydrogen-bond acceptors (Lipinski definition) is 3. The van der Waals surface area contributed by atoms with Crippen LogP contribution in [0.3, 0.4) is 0 Å². The predicted octanol–water partition coefficient (Wildman–Crippen LogP) is 0.697. The molecule has 0 atom stereocenters. The number of carbonyl (C=O) groups is 1. The quantitative estimate of drug-likeness (QED) is 0.820. The second kappa shape index (κ2) is 5.67. The number of nitrogens with zero attached hydrogens (tertiary/aromatic N) is 1. The molecule has 1 rings (SSSR count). The summed E-state index contributed by atoms with van der Waals surface area (Å²) in [5, 5.41) is 2.86. The second-order valence-electron chi connectivity index (χ2n) is 2.61. The van der Waals surface area contributed by atoms with Crippen LogP contribution in [0.2, 0.25) is 4.08 Å². The Labute approximate surface area is 97.1 Å². The van der Waals surface area contributed by atoms with Crippen LogP contribution in [0.5, 0.6) is 0 Å². The van der Waals surface area contributed by atoms with Gasteiger partial charge >= 0.3 is 97.5 Å². The number of aromatic nitrogens is 1. The van der Waals surface area contributed by atoms with Crippen LogP contribution in [-0.4, -0.2) is 42.5 Å². The molecule has 0 unspecified atom stereocenters. The summed E-state index contributed by atoms with van der Waals surface area (Å²) >= 11 is 2.96. The van der Waals surface area contributed by atoms with Crippen LogP contribution in [0.25, 0.3) is 0 Å². The minimum absolute atomic E-state index is 0.150. The van der Waals surface area contributed by atoms with Crippen molar-refractivity contribution in [1.29, 1.82) is 0 Å². The van der Waals surface area contributed by atoms with Gasteiger partial charge < -0.3 is 0 Å². The van der Waals surface area contributed by atoms with Crippen molar-refractivity contribution in [3.8, 4) is 0 Å². The first-order valence-electron chi connectivity index (χ1n) is 3.98. The van der Waals surface area contributed by atoms with E-state index in [2.05, 4.69) is 10.3 Å². The van der Waals surface area contributed by atoms with Gasteiger partial charge in [-0.05, 0) is 0 Å². The Morgan fingerprint density at radius 1 is 1.77 bits per heavy atom. The predicted molar refractivity (Wildman–Crippen MR) is 54.1 cm³/mol. The van der Waals surface area contributed by atoms with E-state index < -0.39 is 0 Å². The van der Waals surface area contributed by atoms with E-state index in [0.29, 0.717) is 4.08 Å². The second-order valence-corrected chi connectivity index (χ2v) is 4.67. The van der Waals surface area contributed by atoms with Gasteiger partial charge in [0, 0.05) is 0 Å². The van der Waals surface area contributed by atoms with Crippen molar-refractivity contribution >= 4 is 42.3 Å². The Hall–Kier alpha value is -0.00390. The van der Waals surface area contributed by atoms with Crippen molar-refractivity contribution in [3.05, 3.63) is 16.1 Å². The summed E-state index contributed by atoms with van der Waals surface area (Å²) in [5.41, 5.74) is 2.93. The Morgan fingerprint density at radius 3 is 3.08 bits per heavy atom. The summed E-state index contributed by atoms with van der Waals surface area (Å²) in [4.78, 5) is 16.3. The number of nitrogens with one attached hydrogen (secondary N) is 1. The number of rotatable bonds is 4. The first kappa shape index (κ1) is 11.1. The Morgan fingerprint density at radius 2 is 2.54 bits per heavy atom. The summed E-state index contributed by atoms with van der Waals surface area (Å²) in [7, 11) is 0. The molecule has 0 aromatic carbocycles. The van der Waals surface area contributed by atoms with Crippen molar-refractivity contribution in [1.82, 2.24) is 10.3 Å². The van der Waals surface area contributed by atoms with E-state index in [-0.39, 0.29) is 5.91 Å². The van der Waals surface area contributed by atoms with Gasteiger partial charge in [0.2, 0.25) is 0 Å². The number of carbonyl (C=O) groups excluding carboxylic acids is 1. The topological polar surface area (TPSA) is 42.0 Å². The van der Waals surface area contributed by atoms with Gasteiger partial charge in [0.15, 0.2) is 0 Å². The van der Waals surface area contributed by atoms with Crippen LogP contribution in [0.15, 0.2) is 5.51 Å². The van der Waals surface area contributed by atoms with Gasteiger partial charge in [-0.1, -0.05) is 0 Å². The fourth-order valence-electron chi connectivity index (χ4n) is 0.933. The van der Waals surface area contributed by atoms with E-state index in [1.54, 1.807) is 11.3 Å². The first-order valence-corrected chi connectivity index (χ1v) is 7.10. The van der Waals surface area contributed by atoms with Crippen LogP contribution in [0.4, 0.5) is 0 Å². The van der Waals surface area contributed by atoms with Gasteiger partial charge in [0.05, 0.1) is 0 Å². The van der Waals surface area contributed by atoms with Crippen LogP contribution in [0.1, 0.15) is 10.6 Å². The number of amides is 1. The molecule has 1 radical (unpaired) electrons. The van der Waals surface area contributed by atoms with E-state index in [4.69, 9.17) is 0 Å². The Balaban J connectivity index is 2.28. The van der Waals surface area contributed by atoms with Gasteiger partial charge in [0.1, 0.15) is 0 Å². The zero-order valence-corrected chi connectivity index (χ0v) is 11.4. The summed E-state index contributed by atoms with van der Waals surface area (Å²) < 4.78 is 0.641. The molecular formula is C8H11N2OPoS. The molecule has 1 heterocycles. The monoisotopic (exact) mass is 392 g/mol. The standard InChI is InChI=1S/C8H11N2OS.Po/c1-6-8(12-5-10-6)3-4-9-7(2)11;/h5H,2-4H2,1H3,(H,9,11);. The van der Waals surface area contributed by atoms with Crippen LogP contribution >= 0.6 is 11.3 Å². The van der Waals surface area contributed by atoms with Gasteiger partial charge in [-0.15, -0.1) is 0 Å². The van der Waals surface area contributed by atoms with Crippen molar-refractivity contribution in [2.24, 2.45) is 0 Å². The molecule has 0 saturated carbocycles. The average molecular weight is 392 g/mol. The SMILES string of the molecule is Cc1ncsc1CCNC(=O)[CH2][Po]. The molecule has 13 heavy (non-hydrogen) atoms. The number of hydrogen-bond donors (Lipinski definition) is 1. The molecule has 0 aliphatic heterocycles. The maximum atomic E-state index is 10.9. The van der Waals surface area contributed by atoms with Crippen molar-refractivity contribution < 1.29 is 4.79 Å². The third kappa shape index (κ3) is 3.70. The maximum absolute atomic E-state index is 10.9. The van der Waals surface area contributed by atoms with Gasteiger partial charge in [-0.25, -0.2) is 0 Å². The normalized spacial score (nSPS) is 10.0. The molecule has 1 N–H and O–H groups in total. The average Bonchev–Trinajstić information content (AvgIpc) is 2.52. The van der Waals surface area contributed by atoms with E-state index in [0.717, 1.165) is 18.7 Å². The third-order valence-corrected chi connectivity index (χ3v) is 3.66. The van der Waals surface area contributed by atoms with Crippen LogP contribution in [-0.2, 0) is 11.2 Å². The Bertz CT molecular complexity index is 287. The van der Waals surface area contributed by atoms with Gasteiger partial charge in [-0.2, -0.15) is 0 Å². The number of aryl methyl sites for hydroxylation is 1. The summed E-state index contributed by atoms with van der Waals surface area (Å²) in [6, 6.07) is 0. The van der Waals surface area contributed by atoms with E-state index >= 15 is 0 Å². The Kier molecular flexibility index (Phi) is 4.83. The van der Waals surface area contributed by atoms with Crippen molar-refractivity contribution in [3.63, 3.8) is 0 Å². The fraction of sp³-hybridized carbons (Fsp3) is 0.500. The summed E-state index contributed by atoms with van der Waals surface area (Å²) in [5.74, 6) is 0.150. The molecule has 5 heteroatoms. The van der Waals surface area contributed by atoms with Crippen molar-refractivity contribution in [2.75, 3.05) is 6.54 Å². The molecule has 0 aliphatic rings. The fourth-order valence-corrected chi connectivity index (χ4v) is 2.11. The molecular weight excluding hydrogens is 381 g/mol. The minimum atomic E-state index is 0.150. The van der Waals surface area contributed by atoms with Crippen LogP contribution < -0.4 is 5.32 Å². The molecule has 3 nitrogen and oxygen atoms in total. The van der Waals surface area contributed by atoms with Gasteiger partial charge in [0.25, 0.3) is 0 Å². The summed E-state index contributed by atoms with van der Waals surface area (Å²) in [6.07, 6.45) is 0.900. The third-order valence-electron chi connectivity index (χ3n) is 1.65. The molecule has 0 bridgehead atoms. The summed E-state index contributed by atoms with van der Waals surface area (Å²) in [6.45, 7) is 2.73. The van der Waals surface area contributed by atoms with Crippen LogP contribution in [0, 0.1) is 6.92 Å². The molecule has 0 fully saturated rings. The number of thiazole rings is 1.